The molecular formula is C11H14N4O. The molecule has 1 aromatic carbocycles. The van der Waals surface area contributed by atoms with Gasteiger partial charge in [0.15, 0.2) is 0 Å². The van der Waals surface area contributed by atoms with Crippen molar-refractivity contribution in [1.29, 1.82) is 0 Å². The summed E-state index contributed by atoms with van der Waals surface area (Å²) >= 11 is 0. The molecule has 5 heteroatoms. The van der Waals surface area contributed by atoms with Gasteiger partial charge >= 0.3 is 0 Å². The fourth-order valence-corrected chi connectivity index (χ4v) is 1.74. The van der Waals surface area contributed by atoms with E-state index in [1.54, 1.807) is 11.1 Å². The fraction of sp³-hybridized carbons (Fsp3) is 0.273. The smallest absolute Gasteiger partial charge is 0.244 e. The number of nitrogens with zero attached hydrogens (tertiary/aromatic N) is 2. The number of hydrazine groups is 1. The molecule has 0 saturated carbocycles. The second-order valence-electron chi connectivity index (χ2n) is 3.89. The molecule has 1 aromatic rings. The van der Waals surface area contributed by atoms with Gasteiger partial charge < -0.3 is 5.43 Å². The molecular weight excluding hydrogens is 204 g/mol. The largest absolute Gasteiger partial charge is 0.320 e. The van der Waals surface area contributed by atoms with Crippen LogP contribution in [0.1, 0.15) is 12.5 Å². The summed E-state index contributed by atoms with van der Waals surface area (Å²) in [5.74, 6) is -1.29. The van der Waals surface area contributed by atoms with Crippen molar-refractivity contribution < 1.29 is 0 Å². The van der Waals surface area contributed by atoms with Gasteiger partial charge in [0.25, 0.3) is 0 Å². The maximum atomic E-state index is 10.8. The third kappa shape index (κ3) is 1.95. The molecule has 1 unspecified atom stereocenters. The molecule has 0 bridgehead atoms. The lowest BCUT2D eigenvalue weighted by molar-refractivity contribution is 0.107. The van der Waals surface area contributed by atoms with Gasteiger partial charge in [-0.2, -0.15) is 5.01 Å². The molecule has 5 nitrogen and oxygen atoms in total. The van der Waals surface area contributed by atoms with Crippen LogP contribution >= 0.6 is 0 Å². The summed E-state index contributed by atoms with van der Waals surface area (Å²) < 4.78 is 0. The Balaban J connectivity index is 2.15. The zero-order valence-electron chi connectivity index (χ0n) is 9.05. The Labute approximate surface area is 93.9 Å². The van der Waals surface area contributed by atoms with E-state index < -0.39 is 5.79 Å². The average molecular weight is 218 g/mol. The molecule has 0 radical (unpaired) electrons. The molecule has 16 heavy (non-hydrogen) atoms. The summed E-state index contributed by atoms with van der Waals surface area (Å²) in [5, 5.41) is 4.58. The van der Waals surface area contributed by atoms with Crippen molar-refractivity contribution in [2.45, 2.75) is 19.3 Å². The van der Waals surface area contributed by atoms with E-state index in [0.29, 0.717) is 6.54 Å². The molecule has 3 N–H and O–H groups in total. The maximum Gasteiger partial charge on any atom is 0.244 e. The normalized spacial score (nSPS) is 25.0. The van der Waals surface area contributed by atoms with Crippen molar-refractivity contribution in [2.24, 2.45) is 10.9 Å². The maximum absolute atomic E-state index is 10.8. The molecule has 0 aromatic heterocycles. The standard InChI is InChI=1S/C11H14N4O/c1-9-7-11(12,14-16)15(13-9)8-10-5-3-2-4-6-10/h2-7,13H,8,12H2,1H3. The lowest BCUT2D eigenvalue weighted by atomic mass is 10.2. The second-order valence-corrected chi connectivity index (χ2v) is 3.89. The number of rotatable bonds is 3. The Morgan fingerprint density at radius 1 is 1.44 bits per heavy atom. The summed E-state index contributed by atoms with van der Waals surface area (Å²) in [4.78, 5) is 10.8. The van der Waals surface area contributed by atoms with Crippen molar-refractivity contribution in [2.75, 3.05) is 0 Å². The van der Waals surface area contributed by atoms with Crippen LogP contribution in [0.3, 0.4) is 0 Å². The van der Waals surface area contributed by atoms with Crippen LogP contribution in [0.15, 0.2) is 47.3 Å². The van der Waals surface area contributed by atoms with Crippen molar-refractivity contribution >= 4 is 0 Å². The summed E-state index contributed by atoms with van der Waals surface area (Å²) in [7, 11) is 0. The van der Waals surface area contributed by atoms with Gasteiger partial charge in [-0.1, -0.05) is 30.3 Å². The topological polar surface area (TPSA) is 70.7 Å². The first-order valence-electron chi connectivity index (χ1n) is 5.05. The summed E-state index contributed by atoms with van der Waals surface area (Å²) in [6.45, 7) is 2.37. The minimum absolute atomic E-state index is 0.525. The van der Waals surface area contributed by atoms with E-state index in [1.807, 2.05) is 37.3 Å². The Morgan fingerprint density at radius 3 is 2.75 bits per heavy atom. The molecule has 1 aliphatic heterocycles. The molecule has 1 atom stereocenters. The highest BCUT2D eigenvalue weighted by Crippen LogP contribution is 2.21. The minimum atomic E-state index is -1.29. The average Bonchev–Trinajstić information content (AvgIpc) is 2.56. The quantitative estimate of drug-likeness (QED) is 0.750. The van der Waals surface area contributed by atoms with Crippen molar-refractivity contribution in [3.8, 4) is 0 Å². The van der Waals surface area contributed by atoms with E-state index in [2.05, 4.69) is 10.6 Å². The number of benzene rings is 1. The van der Waals surface area contributed by atoms with Crippen molar-refractivity contribution in [3.63, 3.8) is 0 Å². The molecule has 0 aliphatic carbocycles. The third-order valence-electron chi connectivity index (χ3n) is 2.50. The van der Waals surface area contributed by atoms with E-state index >= 15 is 0 Å². The van der Waals surface area contributed by atoms with Gasteiger partial charge in [-0.05, 0) is 23.7 Å². The van der Waals surface area contributed by atoms with Crippen molar-refractivity contribution in [1.82, 2.24) is 10.4 Å². The molecule has 1 heterocycles. The number of nitrogens with two attached hydrogens (primary N) is 1. The zero-order valence-corrected chi connectivity index (χ0v) is 9.05. The van der Waals surface area contributed by atoms with Crippen LogP contribution in [0.5, 0.6) is 0 Å². The minimum Gasteiger partial charge on any atom is -0.320 e. The molecule has 0 amide bonds. The zero-order chi connectivity index (χ0) is 11.6. The second kappa shape index (κ2) is 4.03. The van der Waals surface area contributed by atoms with E-state index in [-0.39, 0.29) is 0 Å². The van der Waals surface area contributed by atoms with E-state index in [1.165, 1.54) is 0 Å². The first-order valence-corrected chi connectivity index (χ1v) is 5.05. The van der Waals surface area contributed by atoms with Crippen LogP contribution in [0.4, 0.5) is 0 Å². The number of hydrogen-bond donors (Lipinski definition) is 2. The van der Waals surface area contributed by atoms with E-state index in [9.17, 15) is 4.91 Å². The molecule has 0 saturated heterocycles. The molecule has 0 fully saturated rings. The Hall–Kier alpha value is -1.72. The highest BCUT2D eigenvalue weighted by Gasteiger charge is 2.37. The molecule has 2 rings (SSSR count). The SMILES string of the molecule is CC1=CC(N)(N=O)N(Cc2ccccc2)N1. The highest BCUT2D eigenvalue weighted by molar-refractivity contribution is 5.19. The summed E-state index contributed by atoms with van der Waals surface area (Å²) in [5.41, 5.74) is 10.8. The van der Waals surface area contributed by atoms with Crippen molar-refractivity contribution in [3.05, 3.63) is 52.6 Å². The first-order chi connectivity index (χ1) is 7.64. The van der Waals surface area contributed by atoms with Gasteiger partial charge in [-0.15, -0.1) is 4.91 Å². The predicted molar refractivity (Wildman–Crippen MR) is 61.6 cm³/mol. The summed E-state index contributed by atoms with van der Waals surface area (Å²) in [6.07, 6.45) is 1.61. The van der Waals surface area contributed by atoms with Crippen LogP contribution in [0.25, 0.3) is 0 Å². The Kier molecular flexibility index (Phi) is 2.72. The lowest BCUT2D eigenvalue weighted by Crippen LogP contribution is -2.53. The monoisotopic (exact) mass is 218 g/mol. The van der Waals surface area contributed by atoms with Crippen LogP contribution in [-0.2, 0) is 6.54 Å². The van der Waals surface area contributed by atoms with Gasteiger partial charge in [0.1, 0.15) is 0 Å². The number of allylic oxidation sites excluding steroid dienone is 1. The third-order valence-corrected chi connectivity index (χ3v) is 2.50. The molecule has 84 valence electrons. The summed E-state index contributed by atoms with van der Waals surface area (Å²) in [6, 6.07) is 9.77. The number of nitroso groups, excluding NO2 is 1. The van der Waals surface area contributed by atoms with Crippen LogP contribution in [-0.4, -0.2) is 10.8 Å². The highest BCUT2D eigenvalue weighted by atomic mass is 16.3. The number of nitrogens with one attached hydrogen (secondary N) is 1. The Morgan fingerprint density at radius 2 is 2.12 bits per heavy atom. The molecule has 1 aliphatic rings. The van der Waals surface area contributed by atoms with Crippen LogP contribution < -0.4 is 11.2 Å². The van der Waals surface area contributed by atoms with Gasteiger partial charge in [-0.25, -0.2) is 0 Å². The van der Waals surface area contributed by atoms with Gasteiger partial charge in [0, 0.05) is 12.2 Å². The molecule has 0 spiro atoms. The van der Waals surface area contributed by atoms with Crippen LogP contribution in [0.2, 0.25) is 0 Å². The van der Waals surface area contributed by atoms with Gasteiger partial charge in [0.2, 0.25) is 5.79 Å². The van der Waals surface area contributed by atoms with Crippen LogP contribution in [0, 0.1) is 4.91 Å². The first kappa shape index (κ1) is 10.8. The van der Waals surface area contributed by atoms with E-state index in [0.717, 1.165) is 11.3 Å². The Bertz CT molecular complexity index is 417. The van der Waals surface area contributed by atoms with E-state index in [4.69, 9.17) is 5.73 Å². The lowest BCUT2D eigenvalue weighted by Gasteiger charge is -2.27. The number of hydrogen-bond acceptors (Lipinski definition) is 5. The van der Waals surface area contributed by atoms with Gasteiger partial charge in [-0.3, -0.25) is 5.73 Å². The van der Waals surface area contributed by atoms with Gasteiger partial charge in [0.05, 0.1) is 0 Å². The fourth-order valence-electron chi connectivity index (χ4n) is 1.74. The predicted octanol–water partition coefficient (Wildman–Crippen LogP) is 1.29.